The number of fused-ring (bicyclic) bond motifs is 1. The number of pyridine rings is 1. The van der Waals surface area contributed by atoms with Crippen molar-refractivity contribution >= 4 is 21.1 Å². The molecular formula is C17H18N4O4S. The minimum atomic E-state index is -3.53. The minimum absolute atomic E-state index is 0.200. The molecule has 1 aliphatic rings. The Morgan fingerprint density at radius 3 is 2.54 bits per heavy atom. The highest BCUT2D eigenvalue weighted by molar-refractivity contribution is 7.89. The van der Waals surface area contributed by atoms with Crippen LogP contribution in [0.15, 0.2) is 62.9 Å². The van der Waals surface area contributed by atoms with Crippen LogP contribution < -0.4 is 5.76 Å². The van der Waals surface area contributed by atoms with Crippen LogP contribution in [0.5, 0.6) is 0 Å². The van der Waals surface area contributed by atoms with E-state index < -0.39 is 15.8 Å². The molecule has 0 amide bonds. The fourth-order valence-corrected chi connectivity index (χ4v) is 4.49. The first-order valence-corrected chi connectivity index (χ1v) is 9.70. The summed E-state index contributed by atoms with van der Waals surface area (Å²) in [6, 6.07) is 10.4. The normalized spacial score (nSPS) is 16.9. The number of hydrogen-bond acceptors (Lipinski definition) is 6. The molecule has 0 N–H and O–H groups in total. The second kappa shape index (κ2) is 6.67. The molecule has 1 aromatic carbocycles. The van der Waals surface area contributed by atoms with Crippen LogP contribution in [0.3, 0.4) is 0 Å². The quantitative estimate of drug-likeness (QED) is 0.676. The van der Waals surface area contributed by atoms with E-state index in [1.807, 2.05) is 23.1 Å². The predicted molar refractivity (Wildman–Crippen MR) is 95.0 cm³/mol. The van der Waals surface area contributed by atoms with Gasteiger partial charge in [-0.2, -0.15) is 4.31 Å². The van der Waals surface area contributed by atoms with Gasteiger partial charge in [-0.25, -0.2) is 13.2 Å². The summed E-state index contributed by atoms with van der Waals surface area (Å²) in [5.74, 6) is -0.406. The third-order valence-corrected chi connectivity index (χ3v) is 6.40. The number of hydrogen-bond donors (Lipinski definition) is 0. The van der Waals surface area contributed by atoms with Crippen LogP contribution in [0, 0.1) is 0 Å². The van der Waals surface area contributed by atoms with E-state index in [0.29, 0.717) is 38.4 Å². The van der Waals surface area contributed by atoms with Crippen LogP contribution in [-0.2, 0) is 16.7 Å². The lowest BCUT2D eigenvalue weighted by molar-refractivity contribution is 0.150. The van der Waals surface area contributed by atoms with E-state index in [2.05, 4.69) is 4.98 Å². The smallest absolute Gasteiger partial charge is 0.408 e. The Balaban J connectivity index is 1.47. The van der Waals surface area contributed by atoms with Crippen molar-refractivity contribution in [2.75, 3.05) is 26.2 Å². The Morgan fingerprint density at radius 2 is 1.81 bits per heavy atom. The van der Waals surface area contributed by atoms with E-state index in [-0.39, 0.29) is 4.90 Å². The molecule has 0 atom stereocenters. The Kier molecular flexibility index (Phi) is 4.35. The van der Waals surface area contributed by atoms with Crippen LogP contribution in [-0.4, -0.2) is 53.4 Å². The van der Waals surface area contributed by atoms with E-state index in [4.69, 9.17) is 4.42 Å². The van der Waals surface area contributed by atoms with Gasteiger partial charge in [0.25, 0.3) is 0 Å². The average Bonchev–Trinajstić information content (AvgIpc) is 2.98. The number of rotatable bonds is 4. The summed E-state index contributed by atoms with van der Waals surface area (Å²) in [6.45, 7) is 2.16. The minimum Gasteiger partial charge on any atom is -0.408 e. The van der Waals surface area contributed by atoms with Crippen LogP contribution in [0.2, 0.25) is 0 Å². The van der Waals surface area contributed by atoms with E-state index >= 15 is 0 Å². The van der Waals surface area contributed by atoms with Gasteiger partial charge in [-0.05, 0) is 24.3 Å². The van der Waals surface area contributed by atoms with Crippen molar-refractivity contribution in [1.82, 2.24) is 18.8 Å². The molecular weight excluding hydrogens is 356 g/mol. The SMILES string of the molecule is O=c1oc2ccccc2n1CN1CCN(S(=O)(=O)c2cccnc2)CC1. The number of nitrogens with zero attached hydrogens (tertiary/aromatic N) is 4. The van der Waals surface area contributed by atoms with Gasteiger partial charge in [0.05, 0.1) is 12.2 Å². The Morgan fingerprint density at radius 1 is 1.04 bits per heavy atom. The highest BCUT2D eigenvalue weighted by atomic mass is 32.2. The monoisotopic (exact) mass is 374 g/mol. The molecule has 0 radical (unpaired) electrons. The maximum Gasteiger partial charge on any atom is 0.421 e. The van der Waals surface area contributed by atoms with Crippen LogP contribution >= 0.6 is 0 Å². The van der Waals surface area contributed by atoms with E-state index in [1.54, 1.807) is 29.0 Å². The first-order valence-electron chi connectivity index (χ1n) is 8.26. The van der Waals surface area contributed by atoms with Crippen molar-refractivity contribution in [3.8, 4) is 0 Å². The van der Waals surface area contributed by atoms with E-state index in [9.17, 15) is 13.2 Å². The Labute approximate surface area is 150 Å². The van der Waals surface area contributed by atoms with Crippen molar-refractivity contribution in [3.05, 3.63) is 59.3 Å². The maximum absolute atomic E-state index is 12.6. The molecule has 4 rings (SSSR count). The molecule has 9 heteroatoms. The fourth-order valence-electron chi connectivity index (χ4n) is 3.11. The lowest BCUT2D eigenvalue weighted by Crippen LogP contribution is -2.49. The average molecular weight is 374 g/mol. The van der Waals surface area contributed by atoms with E-state index in [1.165, 1.54) is 10.5 Å². The molecule has 26 heavy (non-hydrogen) atoms. The number of benzene rings is 1. The number of oxazole rings is 1. The van der Waals surface area contributed by atoms with Gasteiger partial charge in [-0.3, -0.25) is 14.5 Å². The first-order chi connectivity index (χ1) is 12.6. The van der Waals surface area contributed by atoms with Crippen LogP contribution in [0.4, 0.5) is 0 Å². The Bertz CT molecular complexity index is 1070. The maximum atomic E-state index is 12.6. The zero-order chi connectivity index (χ0) is 18.1. The summed E-state index contributed by atoms with van der Waals surface area (Å²) in [5.41, 5.74) is 1.29. The molecule has 0 unspecified atom stereocenters. The molecule has 0 bridgehead atoms. The molecule has 0 spiro atoms. The lowest BCUT2D eigenvalue weighted by atomic mass is 10.3. The van der Waals surface area contributed by atoms with Gasteiger partial charge < -0.3 is 4.42 Å². The van der Waals surface area contributed by atoms with Gasteiger partial charge in [0.2, 0.25) is 10.0 Å². The summed E-state index contributed by atoms with van der Waals surface area (Å²) in [5, 5.41) is 0. The molecule has 3 heterocycles. The van der Waals surface area contributed by atoms with Crippen LogP contribution in [0.1, 0.15) is 0 Å². The molecule has 1 aliphatic heterocycles. The van der Waals surface area contributed by atoms with Gasteiger partial charge in [-0.1, -0.05) is 12.1 Å². The summed E-state index contributed by atoms with van der Waals surface area (Å²) in [4.78, 5) is 18.2. The van der Waals surface area contributed by atoms with Gasteiger partial charge in [0, 0.05) is 38.6 Å². The highest BCUT2D eigenvalue weighted by Crippen LogP contribution is 2.17. The summed E-state index contributed by atoms with van der Waals surface area (Å²) in [7, 11) is -3.53. The number of sulfonamides is 1. The topological polar surface area (TPSA) is 88.7 Å². The lowest BCUT2D eigenvalue weighted by Gasteiger charge is -2.33. The number of piperazine rings is 1. The standard InChI is InChI=1S/C17H18N4O4S/c22-17-21(15-5-1-2-6-16(15)25-17)13-19-8-10-20(11-9-19)26(23,24)14-4-3-7-18-12-14/h1-7,12H,8-11,13H2. The van der Waals surface area contributed by atoms with E-state index in [0.717, 1.165) is 5.52 Å². The molecule has 1 fully saturated rings. The first kappa shape index (κ1) is 17.0. The zero-order valence-electron chi connectivity index (χ0n) is 14.0. The highest BCUT2D eigenvalue weighted by Gasteiger charge is 2.29. The third kappa shape index (κ3) is 3.05. The molecule has 1 saturated heterocycles. The van der Waals surface area contributed by atoms with Gasteiger partial charge in [0.1, 0.15) is 4.90 Å². The van der Waals surface area contributed by atoms with Crippen molar-refractivity contribution in [3.63, 3.8) is 0 Å². The molecule has 2 aromatic heterocycles. The second-order valence-corrected chi connectivity index (χ2v) is 8.05. The second-order valence-electron chi connectivity index (χ2n) is 6.12. The van der Waals surface area contributed by atoms with Gasteiger partial charge in [0.15, 0.2) is 5.58 Å². The van der Waals surface area contributed by atoms with Crippen molar-refractivity contribution in [2.45, 2.75) is 11.6 Å². The van der Waals surface area contributed by atoms with Crippen molar-refractivity contribution in [1.29, 1.82) is 0 Å². The molecule has 3 aromatic rings. The van der Waals surface area contributed by atoms with Gasteiger partial charge >= 0.3 is 5.76 Å². The van der Waals surface area contributed by atoms with Crippen LogP contribution in [0.25, 0.3) is 11.1 Å². The van der Waals surface area contributed by atoms with Gasteiger partial charge in [-0.15, -0.1) is 0 Å². The summed E-state index contributed by atoms with van der Waals surface area (Å²) < 4.78 is 33.5. The molecule has 0 saturated carbocycles. The third-order valence-electron chi connectivity index (χ3n) is 4.52. The van der Waals surface area contributed by atoms with Crippen molar-refractivity contribution in [2.24, 2.45) is 0 Å². The molecule has 136 valence electrons. The molecule has 0 aliphatic carbocycles. The fraction of sp³-hybridized carbons (Fsp3) is 0.294. The number of para-hydroxylation sites is 2. The largest absolute Gasteiger partial charge is 0.421 e. The summed E-state index contributed by atoms with van der Waals surface area (Å²) >= 11 is 0. The zero-order valence-corrected chi connectivity index (χ0v) is 14.8. The molecule has 8 nitrogen and oxygen atoms in total. The summed E-state index contributed by atoms with van der Waals surface area (Å²) in [6.07, 6.45) is 2.91. The Hall–Kier alpha value is -2.49. The van der Waals surface area contributed by atoms with Crippen molar-refractivity contribution < 1.29 is 12.8 Å². The predicted octanol–water partition coefficient (Wildman–Crippen LogP) is 0.954. The number of aromatic nitrogens is 2.